The molecule has 3 rings (SSSR count). The predicted molar refractivity (Wildman–Crippen MR) is 95.7 cm³/mol. The highest BCUT2D eigenvalue weighted by atomic mass is 16.5. The van der Waals surface area contributed by atoms with E-state index in [0.717, 1.165) is 24.9 Å². The van der Waals surface area contributed by atoms with Crippen LogP contribution in [0.3, 0.4) is 0 Å². The van der Waals surface area contributed by atoms with Gasteiger partial charge in [-0.3, -0.25) is 4.79 Å². The van der Waals surface area contributed by atoms with Crippen LogP contribution in [0.15, 0.2) is 23.2 Å². The number of aliphatic imine (C=N–C) groups is 1. The predicted octanol–water partition coefficient (Wildman–Crippen LogP) is 1.12. The first-order chi connectivity index (χ1) is 12.1. The molecule has 1 aromatic carbocycles. The van der Waals surface area contributed by atoms with Gasteiger partial charge in [-0.05, 0) is 30.5 Å². The van der Waals surface area contributed by atoms with Crippen molar-refractivity contribution in [1.29, 1.82) is 0 Å². The van der Waals surface area contributed by atoms with Gasteiger partial charge in [0.15, 0.2) is 17.5 Å². The Morgan fingerprint density at radius 2 is 2.08 bits per heavy atom. The standard InChI is InChI=1S/C18H26N4O3/c1-24-15-6-3-12(7-16(15)25-2)9-20-18(19)21-10-13-8-17(23)22(11-13)14-4-5-14/h3,6-7,13-14H,4-5,8-11H2,1-2H3,(H3,19,20,21). The molecule has 0 bridgehead atoms. The SMILES string of the molecule is COc1ccc(CN=C(N)NCC2CC(=O)N(C3CC3)C2)cc1OC. The number of amides is 1. The summed E-state index contributed by atoms with van der Waals surface area (Å²) in [7, 11) is 3.21. The van der Waals surface area contributed by atoms with Crippen molar-refractivity contribution >= 4 is 11.9 Å². The van der Waals surface area contributed by atoms with Crippen LogP contribution in [0.1, 0.15) is 24.8 Å². The lowest BCUT2D eigenvalue weighted by molar-refractivity contribution is -0.128. The smallest absolute Gasteiger partial charge is 0.223 e. The minimum absolute atomic E-state index is 0.273. The van der Waals surface area contributed by atoms with Crippen molar-refractivity contribution in [3.8, 4) is 11.5 Å². The number of hydrogen-bond acceptors (Lipinski definition) is 4. The van der Waals surface area contributed by atoms with Gasteiger partial charge in [0.25, 0.3) is 0 Å². The second-order valence-corrected chi connectivity index (χ2v) is 6.62. The normalized spacial score (nSPS) is 20.7. The number of hydrogen-bond donors (Lipinski definition) is 2. The molecule has 136 valence electrons. The van der Waals surface area contributed by atoms with E-state index in [1.165, 1.54) is 0 Å². The number of ether oxygens (including phenoxy) is 2. The molecule has 25 heavy (non-hydrogen) atoms. The van der Waals surface area contributed by atoms with Gasteiger partial charge in [-0.1, -0.05) is 6.07 Å². The summed E-state index contributed by atoms with van der Waals surface area (Å²) in [5.74, 6) is 2.34. The molecule has 0 spiro atoms. The number of methoxy groups -OCH3 is 2. The van der Waals surface area contributed by atoms with Crippen molar-refractivity contribution in [1.82, 2.24) is 10.2 Å². The molecule has 1 amide bonds. The Labute approximate surface area is 148 Å². The van der Waals surface area contributed by atoms with E-state index in [9.17, 15) is 4.79 Å². The van der Waals surface area contributed by atoms with Gasteiger partial charge in [0, 0.05) is 31.5 Å². The van der Waals surface area contributed by atoms with Crippen LogP contribution in [-0.4, -0.2) is 50.1 Å². The van der Waals surface area contributed by atoms with Crippen LogP contribution in [0.25, 0.3) is 0 Å². The zero-order valence-electron chi connectivity index (χ0n) is 14.8. The molecule has 2 aliphatic rings. The van der Waals surface area contributed by atoms with Crippen LogP contribution in [-0.2, 0) is 11.3 Å². The van der Waals surface area contributed by atoms with E-state index >= 15 is 0 Å². The summed E-state index contributed by atoms with van der Waals surface area (Å²) in [5.41, 5.74) is 6.94. The van der Waals surface area contributed by atoms with Crippen LogP contribution >= 0.6 is 0 Å². The Morgan fingerprint density at radius 3 is 2.76 bits per heavy atom. The molecular formula is C18H26N4O3. The first-order valence-corrected chi connectivity index (χ1v) is 8.65. The zero-order valence-corrected chi connectivity index (χ0v) is 14.8. The molecule has 1 unspecified atom stereocenters. The van der Waals surface area contributed by atoms with Gasteiger partial charge in [-0.25, -0.2) is 4.99 Å². The van der Waals surface area contributed by atoms with Crippen molar-refractivity contribution in [3.63, 3.8) is 0 Å². The maximum atomic E-state index is 11.9. The quantitative estimate of drug-likeness (QED) is 0.570. The van der Waals surface area contributed by atoms with Crippen molar-refractivity contribution in [3.05, 3.63) is 23.8 Å². The lowest BCUT2D eigenvalue weighted by Gasteiger charge is -2.15. The molecule has 0 aromatic heterocycles. The number of nitrogens with zero attached hydrogens (tertiary/aromatic N) is 2. The highest BCUT2D eigenvalue weighted by Gasteiger charge is 2.39. The summed E-state index contributed by atoms with van der Waals surface area (Å²) in [6.45, 7) is 1.96. The number of likely N-dealkylation sites (tertiary alicyclic amines) is 1. The molecule has 1 atom stereocenters. The maximum Gasteiger partial charge on any atom is 0.223 e. The van der Waals surface area contributed by atoms with Crippen molar-refractivity contribution in [2.75, 3.05) is 27.3 Å². The number of carbonyl (C=O) groups is 1. The fraction of sp³-hybridized carbons (Fsp3) is 0.556. The van der Waals surface area contributed by atoms with E-state index in [-0.39, 0.29) is 5.91 Å². The molecule has 1 aromatic rings. The van der Waals surface area contributed by atoms with Crippen LogP contribution in [0.5, 0.6) is 11.5 Å². The molecule has 1 saturated carbocycles. The van der Waals surface area contributed by atoms with E-state index in [4.69, 9.17) is 15.2 Å². The summed E-state index contributed by atoms with van der Waals surface area (Å²) in [5, 5.41) is 3.14. The first-order valence-electron chi connectivity index (χ1n) is 8.65. The average molecular weight is 346 g/mol. The highest BCUT2D eigenvalue weighted by Crippen LogP contribution is 2.32. The molecule has 2 fully saturated rings. The van der Waals surface area contributed by atoms with E-state index in [2.05, 4.69) is 10.3 Å². The third kappa shape index (κ3) is 4.35. The summed E-state index contributed by atoms with van der Waals surface area (Å²) in [6.07, 6.45) is 2.91. The first kappa shape index (κ1) is 17.4. The number of carbonyl (C=O) groups excluding carboxylic acids is 1. The molecule has 1 saturated heterocycles. The Hall–Kier alpha value is -2.44. The van der Waals surface area contributed by atoms with E-state index < -0.39 is 0 Å². The average Bonchev–Trinajstić information content (AvgIpc) is 3.40. The van der Waals surface area contributed by atoms with Gasteiger partial charge >= 0.3 is 0 Å². The number of benzene rings is 1. The van der Waals surface area contributed by atoms with Gasteiger partial charge in [0.1, 0.15) is 0 Å². The molecule has 1 aliphatic heterocycles. The fourth-order valence-corrected chi connectivity index (χ4v) is 3.14. The summed E-state index contributed by atoms with van der Waals surface area (Å²) in [4.78, 5) is 18.3. The van der Waals surface area contributed by atoms with Crippen molar-refractivity contribution < 1.29 is 14.3 Å². The number of rotatable bonds is 7. The second kappa shape index (κ2) is 7.63. The Balaban J connectivity index is 1.48. The van der Waals surface area contributed by atoms with E-state index in [1.807, 2.05) is 23.1 Å². The van der Waals surface area contributed by atoms with Gasteiger partial charge in [0.2, 0.25) is 5.91 Å². The third-order valence-corrected chi connectivity index (χ3v) is 4.68. The van der Waals surface area contributed by atoms with Crippen LogP contribution < -0.4 is 20.5 Å². The molecule has 7 heteroatoms. The topological polar surface area (TPSA) is 89.2 Å². The molecular weight excluding hydrogens is 320 g/mol. The zero-order chi connectivity index (χ0) is 17.8. The lowest BCUT2D eigenvalue weighted by atomic mass is 10.1. The molecule has 1 aliphatic carbocycles. The van der Waals surface area contributed by atoms with Crippen LogP contribution in [0.4, 0.5) is 0 Å². The van der Waals surface area contributed by atoms with Gasteiger partial charge in [-0.15, -0.1) is 0 Å². The Morgan fingerprint density at radius 1 is 1.32 bits per heavy atom. The third-order valence-electron chi connectivity index (χ3n) is 4.68. The van der Waals surface area contributed by atoms with E-state index in [1.54, 1.807) is 14.2 Å². The summed E-state index contributed by atoms with van der Waals surface area (Å²) in [6, 6.07) is 6.16. The largest absolute Gasteiger partial charge is 0.493 e. The van der Waals surface area contributed by atoms with E-state index in [0.29, 0.717) is 48.9 Å². The number of nitrogens with two attached hydrogens (primary N) is 1. The minimum atomic E-state index is 0.273. The van der Waals surface area contributed by atoms with Gasteiger partial charge in [0.05, 0.1) is 20.8 Å². The van der Waals surface area contributed by atoms with Crippen LogP contribution in [0.2, 0.25) is 0 Å². The highest BCUT2D eigenvalue weighted by molar-refractivity contribution is 5.80. The fourth-order valence-electron chi connectivity index (χ4n) is 3.14. The monoisotopic (exact) mass is 346 g/mol. The molecule has 7 nitrogen and oxygen atoms in total. The molecule has 0 radical (unpaired) electrons. The van der Waals surface area contributed by atoms with Crippen molar-refractivity contribution in [2.45, 2.75) is 31.8 Å². The number of nitrogens with one attached hydrogen (secondary N) is 1. The van der Waals surface area contributed by atoms with Crippen molar-refractivity contribution in [2.24, 2.45) is 16.6 Å². The lowest BCUT2D eigenvalue weighted by Crippen LogP contribution is -2.36. The van der Waals surface area contributed by atoms with Crippen LogP contribution in [0, 0.1) is 5.92 Å². The Kier molecular flexibility index (Phi) is 5.31. The maximum absolute atomic E-state index is 11.9. The minimum Gasteiger partial charge on any atom is -0.493 e. The number of guanidine groups is 1. The van der Waals surface area contributed by atoms with Gasteiger partial charge in [-0.2, -0.15) is 0 Å². The molecule has 3 N–H and O–H groups in total. The summed E-state index contributed by atoms with van der Waals surface area (Å²) >= 11 is 0. The second-order valence-electron chi connectivity index (χ2n) is 6.62. The summed E-state index contributed by atoms with van der Waals surface area (Å²) < 4.78 is 10.5. The van der Waals surface area contributed by atoms with Gasteiger partial charge < -0.3 is 25.4 Å². The molecule has 1 heterocycles. The Bertz CT molecular complexity index is 658.